The number of fused-ring (bicyclic) bond motifs is 1. The highest BCUT2D eigenvalue weighted by Crippen LogP contribution is 2.18. The van der Waals surface area contributed by atoms with Crippen LogP contribution in [0.1, 0.15) is 17.3 Å². The molecule has 0 fully saturated rings. The van der Waals surface area contributed by atoms with Crippen LogP contribution < -0.4 is 5.32 Å². The molecule has 0 aliphatic carbocycles. The summed E-state index contributed by atoms with van der Waals surface area (Å²) in [5.41, 5.74) is 2.07. The van der Waals surface area contributed by atoms with Gasteiger partial charge in [-0.05, 0) is 5.56 Å². The van der Waals surface area contributed by atoms with Crippen molar-refractivity contribution in [1.29, 1.82) is 0 Å². The van der Waals surface area contributed by atoms with E-state index in [1.165, 1.54) is 0 Å². The molecule has 3 rings (SSSR count). The Kier molecular flexibility index (Phi) is 2.36. The number of amides is 1. The van der Waals surface area contributed by atoms with Gasteiger partial charge in [0.15, 0.2) is 0 Å². The van der Waals surface area contributed by atoms with Crippen LogP contribution >= 0.6 is 0 Å². The maximum Gasteiger partial charge on any atom is 0.245 e. The third kappa shape index (κ3) is 1.80. The summed E-state index contributed by atoms with van der Waals surface area (Å²) in [6.45, 7) is 0.511. The Balaban J connectivity index is 1.91. The van der Waals surface area contributed by atoms with Crippen molar-refractivity contribution in [2.45, 2.75) is 19.0 Å². The summed E-state index contributed by atoms with van der Waals surface area (Å²) >= 11 is 0. The largest absolute Gasteiger partial charge is 0.349 e. The molecule has 2 heterocycles. The van der Waals surface area contributed by atoms with Gasteiger partial charge in [-0.25, -0.2) is 4.68 Å². The number of carbonyl (C=O) groups excluding carboxylic acids is 1. The van der Waals surface area contributed by atoms with Crippen LogP contribution in [0.5, 0.6) is 0 Å². The molecule has 1 aliphatic heterocycles. The van der Waals surface area contributed by atoms with E-state index >= 15 is 0 Å². The number of hydrogen-bond donors (Lipinski definition) is 1. The van der Waals surface area contributed by atoms with E-state index in [1.807, 2.05) is 30.3 Å². The first-order valence-electron chi connectivity index (χ1n) is 5.55. The van der Waals surface area contributed by atoms with Crippen LogP contribution in [0.25, 0.3) is 0 Å². The van der Waals surface area contributed by atoms with Crippen LogP contribution in [0.4, 0.5) is 0 Å². The lowest BCUT2D eigenvalue weighted by Crippen LogP contribution is -2.40. The number of hydrogen-bond acceptors (Lipinski definition) is 3. The summed E-state index contributed by atoms with van der Waals surface area (Å²) < 4.78 is 1.71. The van der Waals surface area contributed by atoms with Crippen molar-refractivity contribution in [2.24, 2.45) is 0 Å². The fourth-order valence-corrected chi connectivity index (χ4v) is 2.08. The average molecular weight is 228 g/mol. The first kappa shape index (κ1) is 10.0. The van der Waals surface area contributed by atoms with Crippen molar-refractivity contribution in [3.05, 3.63) is 47.8 Å². The second-order valence-corrected chi connectivity index (χ2v) is 4.09. The van der Waals surface area contributed by atoms with Gasteiger partial charge in [0, 0.05) is 6.42 Å². The summed E-state index contributed by atoms with van der Waals surface area (Å²) in [7, 11) is 0. The van der Waals surface area contributed by atoms with Crippen LogP contribution in [0.3, 0.4) is 0 Å². The van der Waals surface area contributed by atoms with E-state index in [0.717, 1.165) is 11.3 Å². The second kappa shape index (κ2) is 4.01. The van der Waals surface area contributed by atoms with E-state index in [1.54, 1.807) is 10.9 Å². The van der Waals surface area contributed by atoms with Gasteiger partial charge >= 0.3 is 0 Å². The van der Waals surface area contributed by atoms with E-state index in [2.05, 4.69) is 15.6 Å². The van der Waals surface area contributed by atoms with Crippen molar-refractivity contribution in [3.8, 4) is 0 Å². The van der Waals surface area contributed by atoms with Crippen LogP contribution in [0, 0.1) is 0 Å². The van der Waals surface area contributed by atoms with Crippen LogP contribution in [0.15, 0.2) is 36.5 Å². The zero-order valence-electron chi connectivity index (χ0n) is 9.21. The maximum atomic E-state index is 11.9. The first-order chi connectivity index (χ1) is 8.34. The van der Waals surface area contributed by atoms with Gasteiger partial charge in [0.1, 0.15) is 6.04 Å². The van der Waals surface area contributed by atoms with Gasteiger partial charge in [-0.15, -0.1) is 5.10 Å². The van der Waals surface area contributed by atoms with Gasteiger partial charge in [-0.2, -0.15) is 0 Å². The molecule has 0 bridgehead atoms. The molecule has 2 aromatic rings. The number of nitrogens with zero attached hydrogens (tertiary/aromatic N) is 3. The molecule has 1 aliphatic rings. The second-order valence-electron chi connectivity index (χ2n) is 4.09. The summed E-state index contributed by atoms with van der Waals surface area (Å²) in [5.74, 6) is 0.00635. The lowest BCUT2D eigenvalue weighted by Gasteiger charge is -2.23. The van der Waals surface area contributed by atoms with E-state index in [9.17, 15) is 4.79 Å². The van der Waals surface area contributed by atoms with Gasteiger partial charge < -0.3 is 5.32 Å². The molecule has 86 valence electrons. The van der Waals surface area contributed by atoms with E-state index < -0.39 is 0 Å². The summed E-state index contributed by atoms with van der Waals surface area (Å²) in [4.78, 5) is 11.9. The van der Waals surface area contributed by atoms with Crippen molar-refractivity contribution < 1.29 is 4.79 Å². The third-order valence-electron chi connectivity index (χ3n) is 2.96. The molecule has 0 saturated heterocycles. The van der Waals surface area contributed by atoms with Gasteiger partial charge in [0.2, 0.25) is 5.91 Å². The minimum Gasteiger partial charge on any atom is -0.349 e. The maximum absolute atomic E-state index is 11.9. The fraction of sp³-hybridized carbons (Fsp3) is 0.250. The fourth-order valence-electron chi connectivity index (χ4n) is 2.08. The summed E-state index contributed by atoms with van der Waals surface area (Å²) in [6, 6.07) is 9.64. The topological polar surface area (TPSA) is 59.8 Å². The molecule has 1 amide bonds. The highest BCUT2D eigenvalue weighted by atomic mass is 16.2. The smallest absolute Gasteiger partial charge is 0.245 e. The molecule has 1 N–H and O–H groups in total. The minimum absolute atomic E-state index is 0.00635. The lowest BCUT2D eigenvalue weighted by atomic mass is 10.0. The highest BCUT2D eigenvalue weighted by Gasteiger charge is 2.28. The molecular formula is C12H12N4O. The lowest BCUT2D eigenvalue weighted by molar-refractivity contribution is -0.125. The van der Waals surface area contributed by atoms with Crippen molar-refractivity contribution in [3.63, 3.8) is 0 Å². The number of aromatic nitrogens is 3. The van der Waals surface area contributed by atoms with Crippen LogP contribution in [-0.2, 0) is 17.8 Å². The number of carbonyl (C=O) groups is 1. The molecule has 5 heteroatoms. The molecule has 17 heavy (non-hydrogen) atoms. The quantitative estimate of drug-likeness (QED) is 0.822. The molecule has 0 saturated carbocycles. The van der Waals surface area contributed by atoms with Gasteiger partial charge in [0.25, 0.3) is 0 Å². The normalized spacial score (nSPS) is 18.6. The number of nitrogens with one attached hydrogen (secondary N) is 1. The monoisotopic (exact) mass is 228 g/mol. The molecule has 1 atom stereocenters. The molecule has 5 nitrogen and oxygen atoms in total. The standard InChI is InChI=1S/C12H12N4O/c17-12-11(6-9-4-2-1-3-5-9)16-10(7-13-12)8-14-15-16/h1-5,8,11H,6-7H2,(H,13,17)/t11-/m0/s1. The average Bonchev–Trinajstić information content (AvgIpc) is 2.83. The zero-order valence-corrected chi connectivity index (χ0v) is 9.21. The first-order valence-corrected chi connectivity index (χ1v) is 5.55. The van der Waals surface area contributed by atoms with Crippen molar-refractivity contribution in [1.82, 2.24) is 20.3 Å². The Morgan fingerprint density at radius 3 is 3.00 bits per heavy atom. The Labute approximate surface area is 98.4 Å². The van der Waals surface area contributed by atoms with E-state index in [4.69, 9.17) is 0 Å². The van der Waals surface area contributed by atoms with Crippen molar-refractivity contribution in [2.75, 3.05) is 0 Å². The van der Waals surface area contributed by atoms with Gasteiger partial charge in [-0.1, -0.05) is 35.5 Å². The molecule has 0 radical (unpaired) electrons. The highest BCUT2D eigenvalue weighted by molar-refractivity contribution is 5.81. The molecule has 0 unspecified atom stereocenters. The van der Waals surface area contributed by atoms with Gasteiger partial charge in [0.05, 0.1) is 18.4 Å². The Morgan fingerprint density at radius 2 is 2.18 bits per heavy atom. The summed E-state index contributed by atoms with van der Waals surface area (Å²) in [5, 5.41) is 10.7. The Bertz CT molecular complexity index is 534. The Morgan fingerprint density at radius 1 is 1.35 bits per heavy atom. The molecule has 1 aromatic heterocycles. The van der Waals surface area contributed by atoms with Crippen LogP contribution in [0.2, 0.25) is 0 Å². The molecular weight excluding hydrogens is 216 g/mol. The van der Waals surface area contributed by atoms with Crippen molar-refractivity contribution >= 4 is 5.91 Å². The summed E-state index contributed by atoms with van der Waals surface area (Å²) in [6.07, 6.45) is 2.33. The minimum atomic E-state index is -0.288. The number of rotatable bonds is 2. The van der Waals surface area contributed by atoms with E-state index in [-0.39, 0.29) is 11.9 Å². The zero-order chi connectivity index (χ0) is 11.7. The molecule has 0 spiro atoms. The Hall–Kier alpha value is -2.17. The SMILES string of the molecule is O=C1NCc2cnnn2[C@H]1Cc1ccccc1. The number of benzene rings is 1. The third-order valence-corrected chi connectivity index (χ3v) is 2.96. The van der Waals surface area contributed by atoms with Gasteiger partial charge in [-0.3, -0.25) is 4.79 Å². The predicted octanol–water partition coefficient (Wildman–Crippen LogP) is 0.692. The van der Waals surface area contributed by atoms with Crippen LogP contribution in [-0.4, -0.2) is 20.9 Å². The molecule has 1 aromatic carbocycles. The predicted molar refractivity (Wildman–Crippen MR) is 61.1 cm³/mol. The van der Waals surface area contributed by atoms with E-state index in [0.29, 0.717) is 13.0 Å².